The van der Waals surface area contributed by atoms with Crippen molar-refractivity contribution < 1.29 is 9.53 Å². The van der Waals surface area contributed by atoms with Gasteiger partial charge in [-0.3, -0.25) is 5.10 Å². The highest BCUT2D eigenvalue weighted by molar-refractivity contribution is 5.77. The lowest BCUT2D eigenvalue weighted by Crippen LogP contribution is -2.23. The molecule has 0 aliphatic rings. The summed E-state index contributed by atoms with van der Waals surface area (Å²) in [6, 6.07) is -0.733. The Hall–Kier alpha value is -1.36. The van der Waals surface area contributed by atoms with Crippen LogP contribution in [0.2, 0.25) is 0 Å². The van der Waals surface area contributed by atoms with Gasteiger partial charge in [-0.25, -0.2) is 4.79 Å². The van der Waals surface area contributed by atoms with Gasteiger partial charge in [0.05, 0.1) is 12.8 Å². The summed E-state index contributed by atoms with van der Waals surface area (Å²) in [5.74, 6) is -0.432. The maximum Gasteiger partial charge on any atom is 0.327 e. The van der Waals surface area contributed by atoms with E-state index in [9.17, 15) is 4.79 Å². The van der Waals surface area contributed by atoms with Crippen molar-refractivity contribution in [2.24, 2.45) is 5.73 Å². The number of nitrogens with zero attached hydrogens (tertiary/aromatic N) is 1. The molecule has 5 heteroatoms. The molecule has 0 bridgehead atoms. The Bertz CT molecular complexity index is 245. The SMILES string of the molecule is CCOC(=O)C(N)c1cn[nH]c1. The van der Waals surface area contributed by atoms with Crippen LogP contribution in [0.15, 0.2) is 12.4 Å². The lowest BCUT2D eigenvalue weighted by Gasteiger charge is -2.06. The third-order valence-electron chi connectivity index (χ3n) is 1.42. The smallest absolute Gasteiger partial charge is 0.327 e. The number of esters is 1. The average molecular weight is 169 g/mol. The molecule has 1 atom stereocenters. The molecule has 0 saturated carbocycles. The van der Waals surface area contributed by atoms with Gasteiger partial charge >= 0.3 is 5.97 Å². The minimum Gasteiger partial charge on any atom is -0.465 e. The summed E-state index contributed by atoms with van der Waals surface area (Å²) in [5, 5.41) is 6.24. The van der Waals surface area contributed by atoms with Crippen LogP contribution >= 0.6 is 0 Å². The van der Waals surface area contributed by atoms with Gasteiger partial charge in [0.1, 0.15) is 6.04 Å². The molecule has 1 unspecified atom stereocenters. The van der Waals surface area contributed by atoms with Gasteiger partial charge in [0, 0.05) is 11.8 Å². The van der Waals surface area contributed by atoms with Crippen molar-refractivity contribution in [1.82, 2.24) is 10.2 Å². The Labute approximate surface area is 69.9 Å². The van der Waals surface area contributed by atoms with E-state index in [-0.39, 0.29) is 0 Å². The molecule has 0 spiro atoms. The number of H-pyrrole nitrogens is 1. The zero-order chi connectivity index (χ0) is 8.97. The number of aromatic nitrogens is 2. The summed E-state index contributed by atoms with van der Waals surface area (Å²) in [7, 11) is 0. The Morgan fingerprint density at radius 1 is 1.92 bits per heavy atom. The Balaban J connectivity index is 2.59. The molecule has 0 radical (unpaired) electrons. The summed E-state index contributed by atoms with van der Waals surface area (Å²) in [4.78, 5) is 11.1. The van der Waals surface area contributed by atoms with Crippen LogP contribution in [-0.4, -0.2) is 22.8 Å². The van der Waals surface area contributed by atoms with E-state index in [1.54, 1.807) is 13.1 Å². The van der Waals surface area contributed by atoms with E-state index >= 15 is 0 Å². The second kappa shape index (κ2) is 3.87. The Kier molecular flexibility index (Phi) is 2.82. The first-order chi connectivity index (χ1) is 5.75. The predicted octanol–water partition coefficient (Wildman–Crippen LogP) is -0.0274. The van der Waals surface area contributed by atoms with Gasteiger partial charge in [0.2, 0.25) is 0 Å². The highest BCUT2D eigenvalue weighted by Gasteiger charge is 2.17. The van der Waals surface area contributed by atoms with E-state index in [0.717, 1.165) is 0 Å². The van der Waals surface area contributed by atoms with Gasteiger partial charge < -0.3 is 10.5 Å². The fourth-order valence-corrected chi connectivity index (χ4v) is 0.799. The zero-order valence-electron chi connectivity index (χ0n) is 6.78. The van der Waals surface area contributed by atoms with Crippen molar-refractivity contribution in [1.29, 1.82) is 0 Å². The lowest BCUT2D eigenvalue weighted by atomic mass is 10.2. The van der Waals surface area contributed by atoms with Crippen LogP contribution in [0.25, 0.3) is 0 Å². The lowest BCUT2D eigenvalue weighted by molar-refractivity contribution is -0.144. The first-order valence-electron chi connectivity index (χ1n) is 3.66. The monoisotopic (exact) mass is 169 g/mol. The first kappa shape index (κ1) is 8.73. The number of carbonyl (C=O) groups is 1. The molecule has 12 heavy (non-hydrogen) atoms. The molecular weight excluding hydrogens is 158 g/mol. The quantitative estimate of drug-likeness (QED) is 0.623. The fourth-order valence-electron chi connectivity index (χ4n) is 0.799. The molecule has 1 heterocycles. The summed E-state index contributed by atoms with van der Waals surface area (Å²) in [6.45, 7) is 2.07. The average Bonchev–Trinajstić information content (AvgIpc) is 2.55. The fraction of sp³-hybridized carbons (Fsp3) is 0.429. The topological polar surface area (TPSA) is 81.0 Å². The van der Waals surface area contributed by atoms with E-state index in [2.05, 4.69) is 10.2 Å². The molecule has 0 aromatic carbocycles. The van der Waals surface area contributed by atoms with Crippen molar-refractivity contribution in [3.05, 3.63) is 18.0 Å². The first-order valence-corrected chi connectivity index (χ1v) is 3.66. The number of nitrogens with one attached hydrogen (secondary N) is 1. The molecule has 0 fully saturated rings. The third-order valence-corrected chi connectivity index (χ3v) is 1.42. The molecule has 1 aromatic rings. The molecule has 0 aliphatic carbocycles. The Morgan fingerprint density at radius 3 is 3.17 bits per heavy atom. The predicted molar refractivity (Wildman–Crippen MR) is 42.1 cm³/mol. The van der Waals surface area contributed by atoms with Gasteiger partial charge in [-0.15, -0.1) is 0 Å². The van der Waals surface area contributed by atoms with E-state index < -0.39 is 12.0 Å². The summed E-state index contributed by atoms with van der Waals surface area (Å²) in [5.41, 5.74) is 6.17. The molecule has 0 saturated heterocycles. The second-order valence-electron chi connectivity index (χ2n) is 2.26. The van der Waals surface area contributed by atoms with Gasteiger partial charge in [-0.05, 0) is 6.92 Å². The second-order valence-corrected chi connectivity index (χ2v) is 2.26. The van der Waals surface area contributed by atoms with Gasteiger partial charge in [-0.1, -0.05) is 0 Å². The number of rotatable bonds is 3. The maximum absolute atomic E-state index is 11.1. The van der Waals surface area contributed by atoms with Crippen LogP contribution in [-0.2, 0) is 9.53 Å². The van der Waals surface area contributed by atoms with Crippen LogP contribution < -0.4 is 5.73 Å². The molecule has 1 rings (SSSR count). The van der Waals surface area contributed by atoms with E-state index in [0.29, 0.717) is 12.2 Å². The van der Waals surface area contributed by atoms with Gasteiger partial charge in [0.25, 0.3) is 0 Å². The number of hydrogen-bond donors (Lipinski definition) is 2. The molecule has 5 nitrogen and oxygen atoms in total. The summed E-state index contributed by atoms with van der Waals surface area (Å²) >= 11 is 0. The highest BCUT2D eigenvalue weighted by atomic mass is 16.5. The normalized spacial score (nSPS) is 12.5. The molecule has 0 amide bonds. The van der Waals surface area contributed by atoms with E-state index in [1.165, 1.54) is 6.20 Å². The number of aromatic amines is 1. The third kappa shape index (κ3) is 1.82. The van der Waals surface area contributed by atoms with Crippen molar-refractivity contribution in [3.8, 4) is 0 Å². The number of carbonyl (C=O) groups excluding carboxylic acids is 1. The van der Waals surface area contributed by atoms with Gasteiger partial charge in [-0.2, -0.15) is 5.10 Å². The van der Waals surface area contributed by atoms with Crippen molar-refractivity contribution in [2.75, 3.05) is 6.61 Å². The summed E-state index contributed by atoms with van der Waals surface area (Å²) < 4.78 is 4.72. The molecule has 66 valence electrons. The van der Waals surface area contributed by atoms with Crippen LogP contribution in [0.1, 0.15) is 18.5 Å². The van der Waals surface area contributed by atoms with Crippen molar-refractivity contribution >= 4 is 5.97 Å². The standard InChI is InChI=1S/C7H11N3O2/c1-2-12-7(11)6(8)5-3-9-10-4-5/h3-4,6H,2,8H2,1H3,(H,9,10). The molecular formula is C7H11N3O2. The molecule has 3 N–H and O–H groups in total. The van der Waals surface area contributed by atoms with E-state index in [1.807, 2.05) is 0 Å². The Morgan fingerprint density at radius 2 is 2.67 bits per heavy atom. The zero-order valence-corrected chi connectivity index (χ0v) is 6.78. The van der Waals surface area contributed by atoms with Crippen LogP contribution in [0, 0.1) is 0 Å². The molecule has 1 aromatic heterocycles. The van der Waals surface area contributed by atoms with Crippen LogP contribution in [0.5, 0.6) is 0 Å². The highest BCUT2D eigenvalue weighted by Crippen LogP contribution is 2.08. The minimum atomic E-state index is -0.733. The van der Waals surface area contributed by atoms with Crippen molar-refractivity contribution in [3.63, 3.8) is 0 Å². The maximum atomic E-state index is 11.1. The number of ether oxygens (including phenoxy) is 1. The summed E-state index contributed by atoms with van der Waals surface area (Å²) in [6.07, 6.45) is 3.07. The minimum absolute atomic E-state index is 0.338. The number of hydrogen-bond acceptors (Lipinski definition) is 4. The molecule has 0 aliphatic heterocycles. The van der Waals surface area contributed by atoms with Crippen molar-refractivity contribution in [2.45, 2.75) is 13.0 Å². The van der Waals surface area contributed by atoms with Gasteiger partial charge in [0.15, 0.2) is 0 Å². The van der Waals surface area contributed by atoms with Crippen LogP contribution in [0.4, 0.5) is 0 Å². The van der Waals surface area contributed by atoms with E-state index in [4.69, 9.17) is 10.5 Å². The largest absolute Gasteiger partial charge is 0.465 e. The van der Waals surface area contributed by atoms with Crippen LogP contribution in [0.3, 0.4) is 0 Å². The number of nitrogens with two attached hydrogens (primary N) is 1.